The van der Waals surface area contributed by atoms with E-state index in [1.165, 1.54) is 6.33 Å². The Bertz CT molecular complexity index is 1030. The van der Waals surface area contributed by atoms with Gasteiger partial charge in [-0.25, -0.2) is 9.97 Å². The monoisotopic (exact) mass is 378 g/mol. The van der Waals surface area contributed by atoms with Crippen molar-refractivity contribution in [1.82, 2.24) is 19.7 Å². The molecule has 3 aromatic rings. The lowest BCUT2D eigenvalue weighted by molar-refractivity contribution is 0.0990. The molecule has 0 aliphatic carbocycles. The van der Waals surface area contributed by atoms with Crippen molar-refractivity contribution < 1.29 is 9.53 Å². The van der Waals surface area contributed by atoms with Crippen LogP contribution in [0.15, 0.2) is 36.9 Å². The summed E-state index contributed by atoms with van der Waals surface area (Å²) in [5, 5.41) is 4.40. The number of amides is 1. The maximum absolute atomic E-state index is 13.1. The molecule has 8 nitrogen and oxygen atoms in total. The van der Waals surface area contributed by atoms with Crippen LogP contribution in [-0.2, 0) is 6.54 Å². The van der Waals surface area contributed by atoms with Gasteiger partial charge in [-0.2, -0.15) is 5.10 Å². The van der Waals surface area contributed by atoms with Crippen LogP contribution in [0, 0.1) is 6.92 Å². The number of benzene rings is 1. The summed E-state index contributed by atoms with van der Waals surface area (Å²) < 4.78 is 7.54. The summed E-state index contributed by atoms with van der Waals surface area (Å²) in [4.78, 5) is 22.7. The molecule has 1 amide bonds. The molecule has 1 aliphatic heterocycles. The second-order valence-corrected chi connectivity index (χ2v) is 6.74. The summed E-state index contributed by atoms with van der Waals surface area (Å²) >= 11 is 0. The molecule has 0 saturated heterocycles. The second kappa shape index (κ2) is 7.30. The van der Waals surface area contributed by atoms with Gasteiger partial charge in [0.05, 0.1) is 12.7 Å². The summed E-state index contributed by atoms with van der Waals surface area (Å²) in [5.41, 5.74) is 10.1. The molecule has 2 aromatic heterocycles. The van der Waals surface area contributed by atoms with E-state index in [1.807, 2.05) is 42.2 Å². The number of ether oxygens (including phenoxy) is 1. The Hall–Kier alpha value is -3.42. The van der Waals surface area contributed by atoms with E-state index < -0.39 is 0 Å². The number of fused-ring (bicyclic) bond motifs is 1. The second-order valence-electron chi connectivity index (χ2n) is 6.74. The number of nitrogens with zero attached hydrogens (tertiary/aromatic N) is 5. The minimum Gasteiger partial charge on any atom is -0.475 e. The third-order valence-electron chi connectivity index (χ3n) is 4.77. The van der Waals surface area contributed by atoms with Gasteiger partial charge in [-0.05, 0) is 36.6 Å². The van der Waals surface area contributed by atoms with E-state index in [4.69, 9.17) is 10.5 Å². The first-order valence-corrected chi connectivity index (χ1v) is 9.27. The molecule has 8 heteroatoms. The van der Waals surface area contributed by atoms with Gasteiger partial charge in [-0.3, -0.25) is 9.48 Å². The molecule has 0 spiro atoms. The molecule has 0 bridgehead atoms. The molecule has 1 aromatic carbocycles. The Morgan fingerprint density at radius 1 is 1.29 bits per heavy atom. The standard InChI is InChI=1S/C20H22N6O2/c1-3-6-25-11-14(10-24-25)16-5-4-15(9-13(16)2)26-7-8-28-19-17(20(26)27)18(21)22-12-23-19/h4-5,9-12H,3,6-8H2,1-2H3,(H2,21,22,23). The maximum atomic E-state index is 13.1. The molecule has 0 saturated carbocycles. The number of nitrogen functional groups attached to an aromatic ring is 1. The molecule has 1 aliphatic rings. The van der Waals surface area contributed by atoms with Crippen molar-refractivity contribution in [2.45, 2.75) is 26.8 Å². The van der Waals surface area contributed by atoms with Crippen molar-refractivity contribution in [3.63, 3.8) is 0 Å². The van der Waals surface area contributed by atoms with Crippen LogP contribution in [0.25, 0.3) is 11.1 Å². The van der Waals surface area contributed by atoms with Crippen LogP contribution in [0.2, 0.25) is 0 Å². The Kier molecular flexibility index (Phi) is 4.68. The molecular formula is C20H22N6O2. The molecule has 0 unspecified atom stereocenters. The molecule has 0 atom stereocenters. The zero-order valence-corrected chi connectivity index (χ0v) is 15.9. The van der Waals surface area contributed by atoms with Gasteiger partial charge < -0.3 is 15.4 Å². The minimum atomic E-state index is -0.256. The van der Waals surface area contributed by atoms with E-state index in [0.29, 0.717) is 13.2 Å². The molecule has 2 N–H and O–H groups in total. The van der Waals surface area contributed by atoms with Gasteiger partial charge in [0.25, 0.3) is 5.91 Å². The first-order chi connectivity index (χ1) is 13.6. The average Bonchev–Trinajstić information content (AvgIpc) is 3.06. The molecule has 0 fully saturated rings. The highest BCUT2D eigenvalue weighted by molar-refractivity contribution is 6.10. The van der Waals surface area contributed by atoms with Crippen molar-refractivity contribution in [3.05, 3.63) is 48.0 Å². The van der Waals surface area contributed by atoms with Crippen LogP contribution in [0.5, 0.6) is 5.88 Å². The number of carbonyl (C=O) groups is 1. The Balaban J connectivity index is 1.67. The summed E-state index contributed by atoms with van der Waals surface area (Å²) in [6.45, 7) is 5.78. The Morgan fingerprint density at radius 3 is 2.93 bits per heavy atom. The lowest BCUT2D eigenvalue weighted by Crippen LogP contribution is -2.32. The van der Waals surface area contributed by atoms with Gasteiger partial charge in [-0.1, -0.05) is 13.0 Å². The molecule has 4 rings (SSSR count). The number of hydrogen-bond donors (Lipinski definition) is 1. The molecular weight excluding hydrogens is 356 g/mol. The van der Waals surface area contributed by atoms with Gasteiger partial charge in [-0.15, -0.1) is 0 Å². The first kappa shape index (κ1) is 18.0. The minimum absolute atomic E-state index is 0.124. The van der Waals surface area contributed by atoms with E-state index in [2.05, 4.69) is 22.0 Å². The number of anilines is 2. The van der Waals surface area contributed by atoms with E-state index in [9.17, 15) is 4.79 Å². The average molecular weight is 378 g/mol. The van der Waals surface area contributed by atoms with E-state index in [-0.39, 0.29) is 23.2 Å². The van der Waals surface area contributed by atoms with Crippen LogP contribution in [0.4, 0.5) is 11.5 Å². The SMILES string of the molecule is CCCn1cc(-c2ccc(N3CCOc4ncnc(N)c4C3=O)cc2C)cn1. The Labute approximate surface area is 163 Å². The summed E-state index contributed by atoms with van der Waals surface area (Å²) in [5.74, 6) is 0.101. The van der Waals surface area contributed by atoms with Gasteiger partial charge in [0.15, 0.2) is 0 Å². The van der Waals surface area contributed by atoms with E-state index in [1.54, 1.807) is 4.90 Å². The van der Waals surface area contributed by atoms with Crippen LogP contribution in [0.3, 0.4) is 0 Å². The van der Waals surface area contributed by atoms with Crippen LogP contribution < -0.4 is 15.4 Å². The number of hydrogen-bond acceptors (Lipinski definition) is 6. The van der Waals surface area contributed by atoms with Gasteiger partial charge in [0, 0.05) is 24.0 Å². The molecule has 28 heavy (non-hydrogen) atoms. The topological polar surface area (TPSA) is 99.2 Å². The predicted octanol–water partition coefficient (Wildman–Crippen LogP) is 2.68. The fourth-order valence-electron chi connectivity index (χ4n) is 3.40. The predicted molar refractivity (Wildman–Crippen MR) is 106 cm³/mol. The number of aromatic nitrogens is 4. The number of nitrogens with two attached hydrogens (primary N) is 1. The first-order valence-electron chi connectivity index (χ1n) is 9.27. The third-order valence-corrected chi connectivity index (χ3v) is 4.77. The lowest BCUT2D eigenvalue weighted by atomic mass is 10.0. The number of aryl methyl sites for hydroxylation is 2. The zero-order chi connectivity index (χ0) is 19.7. The van der Waals surface area contributed by atoms with Crippen molar-refractivity contribution in [3.8, 4) is 17.0 Å². The Morgan fingerprint density at radius 2 is 2.14 bits per heavy atom. The lowest BCUT2D eigenvalue weighted by Gasteiger charge is -2.21. The maximum Gasteiger partial charge on any atom is 0.267 e. The van der Waals surface area contributed by atoms with Gasteiger partial charge >= 0.3 is 0 Å². The van der Waals surface area contributed by atoms with Gasteiger partial charge in [0.1, 0.15) is 24.3 Å². The zero-order valence-electron chi connectivity index (χ0n) is 15.9. The van der Waals surface area contributed by atoms with Crippen LogP contribution >= 0.6 is 0 Å². The number of rotatable bonds is 4. The summed E-state index contributed by atoms with van der Waals surface area (Å²) in [6.07, 6.45) is 6.25. The molecule has 3 heterocycles. The van der Waals surface area contributed by atoms with Crippen molar-refractivity contribution >= 4 is 17.4 Å². The number of carbonyl (C=O) groups excluding carboxylic acids is 1. The van der Waals surface area contributed by atoms with Crippen molar-refractivity contribution in [1.29, 1.82) is 0 Å². The van der Waals surface area contributed by atoms with Gasteiger partial charge in [0.2, 0.25) is 5.88 Å². The van der Waals surface area contributed by atoms with Crippen LogP contribution in [0.1, 0.15) is 29.3 Å². The van der Waals surface area contributed by atoms with Crippen molar-refractivity contribution in [2.24, 2.45) is 0 Å². The normalized spacial score (nSPS) is 13.8. The van der Waals surface area contributed by atoms with Crippen LogP contribution in [-0.4, -0.2) is 38.8 Å². The fourth-order valence-corrected chi connectivity index (χ4v) is 3.40. The summed E-state index contributed by atoms with van der Waals surface area (Å²) in [6, 6.07) is 5.94. The summed E-state index contributed by atoms with van der Waals surface area (Å²) in [7, 11) is 0. The van der Waals surface area contributed by atoms with E-state index >= 15 is 0 Å². The van der Waals surface area contributed by atoms with E-state index in [0.717, 1.165) is 35.3 Å². The quantitative estimate of drug-likeness (QED) is 0.749. The van der Waals surface area contributed by atoms with Crippen molar-refractivity contribution in [2.75, 3.05) is 23.8 Å². The smallest absolute Gasteiger partial charge is 0.267 e. The third kappa shape index (κ3) is 3.17. The highest BCUT2D eigenvalue weighted by atomic mass is 16.5. The highest BCUT2D eigenvalue weighted by Gasteiger charge is 2.28. The molecule has 0 radical (unpaired) electrons. The molecule has 144 valence electrons. The largest absolute Gasteiger partial charge is 0.475 e. The fraction of sp³-hybridized carbons (Fsp3) is 0.300. The highest BCUT2D eigenvalue weighted by Crippen LogP contribution is 2.31.